The third kappa shape index (κ3) is 5.12. The summed E-state index contributed by atoms with van der Waals surface area (Å²) in [5, 5.41) is 0. The van der Waals surface area contributed by atoms with Crippen molar-refractivity contribution in [1.29, 1.82) is 0 Å². The minimum atomic E-state index is -0.632. The second-order valence-electron chi connectivity index (χ2n) is 8.28. The molecule has 0 saturated heterocycles. The number of thioether (sulfide) groups is 1. The van der Waals surface area contributed by atoms with Crippen molar-refractivity contribution in [2.75, 3.05) is 12.9 Å². The van der Waals surface area contributed by atoms with Crippen LogP contribution in [-0.2, 0) is 9.53 Å². The van der Waals surface area contributed by atoms with Crippen LogP contribution in [0.5, 0.6) is 0 Å². The van der Waals surface area contributed by atoms with Crippen LogP contribution in [0.4, 0.5) is 0 Å². The van der Waals surface area contributed by atoms with Gasteiger partial charge in [-0.2, -0.15) is 0 Å². The Bertz CT molecular complexity index is 1680. The van der Waals surface area contributed by atoms with Crippen molar-refractivity contribution in [3.8, 4) is 11.3 Å². The Morgan fingerprint density at radius 2 is 1.89 bits per heavy atom. The maximum absolute atomic E-state index is 13.7. The molecule has 6 nitrogen and oxygen atoms in total. The number of furan rings is 1. The molecule has 4 aromatic rings. The average Bonchev–Trinajstić information content (AvgIpc) is 3.48. The Labute approximate surface area is 235 Å². The Morgan fingerprint density at radius 1 is 1.16 bits per heavy atom. The highest BCUT2D eigenvalue weighted by molar-refractivity contribution is 14.1. The molecule has 0 radical (unpaired) electrons. The zero-order valence-electron chi connectivity index (χ0n) is 20.4. The molecule has 0 amide bonds. The lowest BCUT2D eigenvalue weighted by molar-refractivity contribution is -0.139. The largest absolute Gasteiger partial charge is 0.463 e. The number of hydrogen-bond donors (Lipinski definition) is 0. The molecule has 0 spiro atoms. The van der Waals surface area contributed by atoms with Crippen molar-refractivity contribution in [2.24, 2.45) is 4.99 Å². The number of carbonyl (C=O) groups is 1. The van der Waals surface area contributed by atoms with Crippen molar-refractivity contribution >= 4 is 57.7 Å². The molecule has 3 heterocycles. The number of nitrogens with zero attached hydrogens (tertiary/aromatic N) is 2. The van der Waals surface area contributed by atoms with Crippen LogP contribution in [0.15, 0.2) is 91.0 Å². The number of fused-ring (bicyclic) bond motifs is 1. The Balaban J connectivity index is 1.62. The number of carbonyl (C=O) groups excluding carboxylic acids is 1. The van der Waals surface area contributed by atoms with E-state index in [1.807, 2.05) is 66.9 Å². The zero-order chi connectivity index (χ0) is 26.1. The van der Waals surface area contributed by atoms with Crippen LogP contribution in [0.1, 0.15) is 31.2 Å². The number of aromatic nitrogens is 1. The lowest BCUT2D eigenvalue weighted by atomic mass is 9.96. The first-order valence-corrected chi connectivity index (χ1v) is 14.7. The van der Waals surface area contributed by atoms with Gasteiger partial charge in [0, 0.05) is 20.1 Å². The van der Waals surface area contributed by atoms with Crippen LogP contribution in [-0.4, -0.2) is 23.4 Å². The first-order chi connectivity index (χ1) is 17.9. The van der Waals surface area contributed by atoms with Crippen molar-refractivity contribution in [3.05, 3.63) is 107 Å². The van der Waals surface area contributed by atoms with E-state index < -0.39 is 12.0 Å². The quantitative estimate of drug-likeness (QED) is 0.160. The second-order valence-corrected chi connectivity index (χ2v) is 11.4. The Kier molecular flexibility index (Phi) is 7.55. The number of esters is 1. The fourth-order valence-corrected chi connectivity index (χ4v) is 6.02. The van der Waals surface area contributed by atoms with Crippen LogP contribution < -0.4 is 14.9 Å². The maximum atomic E-state index is 13.7. The molecular weight excluding hydrogens is 619 g/mol. The number of hydrogen-bond acceptors (Lipinski definition) is 7. The Hall–Kier alpha value is -2.89. The first kappa shape index (κ1) is 25.7. The van der Waals surface area contributed by atoms with Gasteiger partial charge in [0.15, 0.2) is 4.80 Å². The molecule has 1 atom stereocenters. The summed E-state index contributed by atoms with van der Waals surface area (Å²) in [6, 6.07) is 19.0. The van der Waals surface area contributed by atoms with Gasteiger partial charge in [-0.1, -0.05) is 35.6 Å². The fraction of sp³-hybridized carbons (Fsp3) is 0.179. The lowest BCUT2D eigenvalue weighted by Gasteiger charge is -2.24. The Morgan fingerprint density at radius 3 is 2.57 bits per heavy atom. The molecule has 0 bridgehead atoms. The van der Waals surface area contributed by atoms with E-state index in [4.69, 9.17) is 9.15 Å². The average molecular weight is 643 g/mol. The first-order valence-electron chi connectivity index (χ1n) is 11.6. The van der Waals surface area contributed by atoms with Gasteiger partial charge >= 0.3 is 5.97 Å². The fourth-order valence-electron chi connectivity index (χ4n) is 4.22. The standard InChI is InChI=1S/C28H23IN2O4S2/c1-4-34-27(33)24-16(2)30-28-31(25(24)18-7-12-21(36-3)13-8-18)26(32)23(37-28)15-20-11-14-22(35-20)17-5-9-19(29)10-6-17/h5-15,25H,4H2,1-3H3/b23-15-/t25-/m0/s1. The second kappa shape index (κ2) is 10.8. The van der Waals surface area contributed by atoms with Gasteiger partial charge in [0.1, 0.15) is 11.5 Å². The van der Waals surface area contributed by atoms with Crippen molar-refractivity contribution in [3.63, 3.8) is 0 Å². The third-order valence-electron chi connectivity index (χ3n) is 5.98. The molecule has 0 N–H and O–H groups in total. The summed E-state index contributed by atoms with van der Waals surface area (Å²) >= 11 is 5.17. The van der Waals surface area contributed by atoms with E-state index in [9.17, 15) is 9.59 Å². The summed E-state index contributed by atoms with van der Waals surface area (Å²) in [7, 11) is 0. The number of rotatable bonds is 6. The molecule has 0 unspecified atom stereocenters. The molecule has 1 aliphatic heterocycles. The highest BCUT2D eigenvalue weighted by Gasteiger charge is 2.33. The zero-order valence-corrected chi connectivity index (χ0v) is 24.1. The van der Waals surface area contributed by atoms with Gasteiger partial charge in [-0.25, -0.2) is 9.79 Å². The maximum Gasteiger partial charge on any atom is 0.338 e. The molecule has 37 heavy (non-hydrogen) atoms. The van der Waals surface area contributed by atoms with Gasteiger partial charge in [-0.3, -0.25) is 9.36 Å². The van der Waals surface area contributed by atoms with Gasteiger partial charge in [-0.15, -0.1) is 11.8 Å². The van der Waals surface area contributed by atoms with E-state index in [0.29, 0.717) is 26.4 Å². The number of thiazole rings is 1. The minimum Gasteiger partial charge on any atom is -0.463 e. The molecule has 188 valence electrons. The number of allylic oxidation sites excluding steroid dienone is 1. The van der Waals surface area contributed by atoms with Crippen LogP contribution in [0.3, 0.4) is 0 Å². The van der Waals surface area contributed by atoms with Crippen molar-refractivity contribution in [2.45, 2.75) is 24.8 Å². The summed E-state index contributed by atoms with van der Waals surface area (Å²) in [6.07, 6.45) is 3.74. The normalized spacial score (nSPS) is 15.5. The highest BCUT2D eigenvalue weighted by Crippen LogP contribution is 2.31. The van der Waals surface area contributed by atoms with Crippen LogP contribution in [0, 0.1) is 3.57 Å². The number of halogens is 1. The van der Waals surface area contributed by atoms with Crippen LogP contribution >= 0.6 is 45.7 Å². The summed E-state index contributed by atoms with van der Waals surface area (Å²) in [5.41, 5.74) is 2.47. The van der Waals surface area contributed by atoms with Gasteiger partial charge in [0.25, 0.3) is 5.56 Å². The monoisotopic (exact) mass is 642 g/mol. The molecule has 1 aliphatic rings. The van der Waals surface area contributed by atoms with Gasteiger partial charge in [-0.05, 0) is 84.7 Å². The van der Waals surface area contributed by atoms with E-state index in [-0.39, 0.29) is 12.2 Å². The summed E-state index contributed by atoms with van der Waals surface area (Å²) < 4.78 is 14.6. The molecule has 0 fully saturated rings. The van der Waals surface area contributed by atoms with E-state index in [0.717, 1.165) is 25.4 Å². The van der Waals surface area contributed by atoms with E-state index in [1.165, 1.54) is 11.3 Å². The molecule has 2 aromatic heterocycles. The minimum absolute atomic E-state index is 0.232. The lowest BCUT2D eigenvalue weighted by Crippen LogP contribution is -2.39. The molecule has 9 heteroatoms. The van der Waals surface area contributed by atoms with E-state index in [2.05, 4.69) is 27.6 Å². The smallest absolute Gasteiger partial charge is 0.338 e. The summed E-state index contributed by atoms with van der Waals surface area (Å²) in [6.45, 7) is 3.78. The molecule has 5 rings (SSSR count). The molecule has 2 aromatic carbocycles. The molecular formula is C28H23IN2O4S2. The summed E-state index contributed by atoms with van der Waals surface area (Å²) in [5.74, 6) is 0.828. The predicted octanol–water partition coefficient (Wildman–Crippen LogP) is 5.38. The number of benzene rings is 2. The van der Waals surface area contributed by atoms with Gasteiger partial charge in [0.05, 0.1) is 28.5 Å². The SMILES string of the molecule is CCOC(=O)C1=C(C)N=c2s/c(=C\c3ccc(-c4ccc(I)cc4)o3)c(=O)n2[C@H]1c1ccc(SC)cc1. The van der Waals surface area contributed by atoms with Crippen LogP contribution in [0.25, 0.3) is 17.4 Å². The van der Waals surface area contributed by atoms with E-state index >= 15 is 0 Å². The molecule has 0 saturated carbocycles. The highest BCUT2D eigenvalue weighted by atomic mass is 127. The van der Waals surface area contributed by atoms with Crippen molar-refractivity contribution < 1.29 is 13.9 Å². The molecule has 0 aliphatic carbocycles. The topological polar surface area (TPSA) is 73.8 Å². The van der Waals surface area contributed by atoms with Crippen molar-refractivity contribution in [1.82, 2.24) is 4.57 Å². The van der Waals surface area contributed by atoms with E-state index in [1.54, 1.807) is 36.3 Å². The van der Waals surface area contributed by atoms with Gasteiger partial charge in [0.2, 0.25) is 0 Å². The predicted molar refractivity (Wildman–Crippen MR) is 155 cm³/mol. The van der Waals surface area contributed by atoms with Crippen LogP contribution in [0.2, 0.25) is 0 Å². The third-order valence-corrected chi connectivity index (χ3v) is 8.42. The summed E-state index contributed by atoms with van der Waals surface area (Å²) in [4.78, 5) is 33.0. The van der Waals surface area contributed by atoms with Gasteiger partial charge < -0.3 is 9.15 Å². The number of ether oxygens (including phenoxy) is 1.